The second kappa shape index (κ2) is 5.56. The van der Waals surface area contributed by atoms with Crippen LogP contribution in [-0.2, 0) is 6.54 Å². The molecule has 3 aromatic rings. The van der Waals surface area contributed by atoms with E-state index in [0.29, 0.717) is 16.6 Å². The van der Waals surface area contributed by atoms with Gasteiger partial charge < -0.3 is 9.84 Å². The van der Waals surface area contributed by atoms with E-state index >= 15 is 0 Å². The number of hydrogen-bond acceptors (Lipinski definition) is 6. The van der Waals surface area contributed by atoms with Gasteiger partial charge in [-0.3, -0.25) is 4.79 Å². The average molecular weight is 305 g/mol. The number of carbonyl (C=O) groups is 1. The molecule has 102 valence electrons. The van der Waals surface area contributed by atoms with Crippen LogP contribution in [0.5, 0.6) is 0 Å². The number of carbonyl (C=O) groups excluding carboxylic acids is 1. The first kappa shape index (κ1) is 13.0. The average Bonchev–Trinajstić information content (AvgIpc) is 3.16. The number of rotatable bonds is 4. The summed E-state index contributed by atoms with van der Waals surface area (Å²) in [4.78, 5) is 18.9. The van der Waals surface area contributed by atoms with E-state index in [9.17, 15) is 4.79 Å². The highest BCUT2D eigenvalue weighted by Gasteiger charge is 2.12. The Morgan fingerprint density at radius 3 is 3.00 bits per heavy atom. The normalized spacial score (nSPS) is 10.7. The maximum Gasteiger partial charge on any atom is 0.261 e. The van der Waals surface area contributed by atoms with Gasteiger partial charge in [-0.25, -0.2) is 0 Å². The smallest absolute Gasteiger partial charge is 0.261 e. The van der Waals surface area contributed by atoms with Gasteiger partial charge in [-0.1, -0.05) is 11.2 Å². The van der Waals surface area contributed by atoms with E-state index in [4.69, 9.17) is 4.52 Å². The van der Waals surface area contributed by atoms with Gasteiger partial charge >= 0.3 is 0 Å². The van der Waals surface area contributed by atoms with Crippen LogP contribution in [0.1, 0.15) is 20.4 Å². The largest absolute Gasteiger partial charge is 0.342 e. The van der Waals surface area contributed by atoms with E-state index < -0.39 is 0 Å². The lowest BCUT2D eigenvalue weighted by atomic mass is 10.4. The molecule has 0 aliphatic carbocycles. The Morgan fingerprint density at radius 2 is 2.30 bits per heavy atom. The number of hydrogen-bond donors (Lipinski definition) is 1. The topological polar surface area (TPSA) is 68.0 Å². The molecule has 0 fully saturated rings. The fourth-order valence-corrected chi connectivity index (χ4v) is 3.07. The molecule has 0 saturated carbocycles. The molecule has 3 heterocycles. The zero-order valence-electron chi connectivity index (χ0n) is 10.6. The molecule has 0 aromatic carbocycles. The first-order chi connectivity index (χ1) is 9.72. The number of nitrogens with one attached hydrogen (secondary N) is 1. The predicted octanol–water partition coefficient (Wildman–Crippen LogP) is 3.10. The molecule has 7 heteroatoms. The molecule has 3 aromatic heterocycles. The van der Waals surface area contributed by atoms with Crippen molar-refractivity contribution in [3.8, 4) is 10.7 Å². The molecule has 3 rings (SSSR count). The quantitative estimate of drug-likeness (QED) is 0.804. The van der Waals surface area contributed by atoms with Crippen molar-refractivity contribution in [2.75, 3.05) is 0 Å². The minimum Gasteiger partial charge on any atom is -0.342 e. The predicted molar refractivity (Wildman–Crippen MR) is 77.8 cm³/mol. The van der Waals surface area contributed by atoms with Gasteiger partial charge in [0.2, 0.25) is 11.7 Å². The van der Waals surface area contributed by atoms with Gasteiger partial charge in [0.15, 0.2) is 0 Å². The lowest BCUT2D eigenvalue weighted by Gasteiger charge is -1.98. The molecule has 1 N–H and O–H groups in total. The van der Waals surface area contributed by atoms with Crippen LogP contribution < -0.4 is 5.32 Å². The summed E-state index contributed by atoms with van der Waals surface area (Å²) in [5.74, 6) is 0.824. The summed E-state index contributed by atoms with van der Waals surface area (Å²) in [6, 6.07) is 7.57. The van der Waals surface area contributed by atoms with Crippen molar-refractivity contribution < 1.29 is 9.32 Å². The highest BCUT2D eigenvalue weighted by Crippen LogP contribution is 2.21. The summed E-state index contributed by atoms with van der Waals surface area (Å²) >= 11 is 3.00. The van der Waals surface area contributed by atoms with Gasteiger partial charge in [-0.05, 0) is 30.5 Å². The van der Waals surface area contributed by atoms with Crippen molar-refractivity contribution in [2.24, 2.45) is 0 Å². The summed E-state index contributed by atoms with van der Waals surface area (Å²) in [7, 11) is 0. The van der Waals surface area contributed by atoms with Gasteiger partial charge in [0.05, 0.1) is 16.3 Å². The van der Waals surface area contributed by atoms with Crippen LogP contribution in [-0.4, -0.2) is 16.0 Å². The summed E-state index contributed by atoms with van der Waals surface area (Å²) < 4.78 is 5.11. The van der Waals surface area contributed by atoms with Crippen molar-refractivity contribution in [2.45, 2.75) is 13.5 Å². The first-order valence-electron chi connectivity index (χ1n) is 5.93. The molecule has 0 atom stereocenters. The number of aryl methyl sites for hydroxylation is 1. The van der Waals surface area contributed by atoms with Crippen LogP contribution in [0, 0.1) is 6.92 Å². The fourth-order valence-electron chi connectivity index (χ4n) is 1.63. The standard InChI is InChI=1S/C13H11N3O2S2/c1-8-4-5-10(20-8)13(17)14-7-11-15-12(16-18-11)9-3-2-6-19-9/h2-6H,7H2,1H3,(H,14,17). The minimum atomic E-state index is -0.126. The van der Waals surface area contributed by atoms with Crippen LogP contribution in [0.25, 0.3) is 10.7 Å². The van der Waals surface area contributed by atoms with Gasteiger partial charge in [0, 0.05) is 4.88 Å². The molecule has 0 unspecified atom stereocenters. The summed E-state index contributed by atoms with van der Waals surface area (Å²) in [5.41, 5.74) is 0. The Labute approximate surface area is 123 Å². The maximum atomic E-state index is 11.9. The summed E-state index contributed by atoms with van der Waals surface area (Å²) in [6.07, 6.45) is 0. The van der Waals surface area contributed by atoms with Crippen LogP contribution in [0.15, 0.2) is 34.2 Å². The highest BCUT2D eigenvalue weighted by atomic mass is 32.1. The fraction of sp³-hybridized carbons (Fsp3) is 0.154. The second-order valence-electron chi connectivity index (χ2n) is 4.08. The molecular weight excluding hydrogens is 294 g/mol. The molecule has 0 aliphatic heterocycles. The van der Waals surface area contributed by atoms with Crippen molar-refractivity contribution >= 4 is 28.6 Å². The zero-order chi connectivity index (χ0) is 13.9. The SMILES string of the molecule is Cc1ccc(C(=O)NCc2nc(-c3cccs3)no2)s1. The Balaban J connectivity index is 1.63. The van der Waals surface area contributed by atoms with E-state index in [1.54, 1.807) is 17.4 Å². The number of amides is 1. The van der Waals surface area contributed by atoms with Crippen molar-refractivity contribution in [3.05, 3.63) is 45.3 Å². The van der Waals surface area contributed by atoms with Crippen LogP contribution in [0.4, 0.5) is 0 Å². The van der Waals surface area contributed by atoms with E-state index in [0.717, 1.165) is 9.75 Å². The van der Waals surface area contributed by atoms with E-state index in [1.807, 2.05) is 30.5 Å². The van der Waals surface area contributed by atoms with Crippen LogP contribution in [0.2, 0.25) is 0 Å². The Hall–Kier alpha value is -1.99. The Kier molecular flexibility index (Phi) is 3.62. The second-order valence-corrected chi connectivity index (χ2v) is 6.32. The van der Waals surface area contributed by atoms with Gasteiger partial charge in [0.1, 0.15) is 0 Å². The summed E-state index contributed by atoms with van der Waals surface area (Å²) in [5, 5.41) is 8.61. The molecule has 5 nitrogen and oxygen atoms in total. The monoisotopic (exact) mass is 305 g/mol. The van der Waals surface area contributed by atoms with Crippen LogP contribution in [0.3, 0.4) is 0 Å². The van der Waals surface area contributed by atoms with E-state index in [2.05, 4.69) is 15.5 Å². The molecule has 0 bridgehead atoms. The van der Waals surface area contributed by atoms with E-state index in [1.165, 1.54) is 11.3 Å². The molecule has 0 spiro atoms. The lowest BCUT2D eigenvalue weighted by Crippen LogP contribution is -2.21. The molecular formula is C13H11N3O2S2. The van der Waals surface area contributed by atoms with Crippen molar-refractivity contribution in [3.63, 3.8) is 0 Å². The van der Waals surface area contributed by atoms with Gasteiger partial charge in [0.25, 0.3) is 5.91 Å². The number of nitrogens with zero attached hydrogens (tertiary/aromatic N) is 2. The lowest BCUT2D eigenvalue weighted by molar-refractivity contribution is 0.0950. The highest BCUT2D eigenvalue weighted by molar-refractivity contribution is 7.14. The van der Waals surface area contributed by atoms with E-state index in [-0.39, 0.29) is 12.5 Å². The Morgan fingerprint density at radius 1 is 1.40 bits per heavy atom. The minimum absolute atomic E-state index is 0.126. The third-order valence-electron chi connectivity index (χ3n) is 2.57. The Bertz CT molecular complexity index is 716. The third kappa shape index (κ3) is 2.78. The van der Waals surface area contributed by atoms with Crippen molar-refractivity contribution in [1.82, 2.24) is 15.5 Å². The molecule has 20 heavy (non-hydrogen) atoms. The molecule has 0 saturated heterocycles. The maximum absolute atomic E-state index is 11.9. The molecule has 0 radical (unpaired) electrons. The van der Waals surface area contributed by atoms with Crippen LogP contribution >= 0.6 is 22.7 Å². The third-order valence-corrected chi connectivity index (χ3v) is 4.44. The van der Waals surface area contributed by atoms with Gasteiger partial charge in [-0.2, -0.15) is 4.98 Å². The molecule has 0 aliphatic rings. The zero-order valence-corrected chi connectivity index (χ0v) is 12.3. The van der Waals surface area contributed by atoms with Crippen molar-refractivity contribution in [1.29, 1.82) is 0 Å². The number of thiophene rings is 2. The van der Waals surface area contributed by atoms with Gasteiger partial charge in [-0.15, -0.1) is 22.7 Å². The number of aromatic nitrogens is 2. The first-order valence-corrected chi connectivity index (χ1v) is 7.63. The molecule has 1 amide bonds. The summed E-state index contributed by atoms with van der Waals surface area (Å²) in [6.45, 7) is 2.20.